The van der Waals surface area contributed by atoms with Crippen molar-refractivity contribution in [3.8, 4) is 5.75 Å². The molecule has 2 aromatic rings. The van der Waals surface area contributed by atoms with Gasteiger partial charge in [0.15, 0.2) is 0 Å². The highest BCUT2D eigenvalue weighted by Gasteiger charge is 2.01. The van der Waals surface area contributed by atoms with Crippen LogP contribution in [0.1, 0.15) is 11.1 Å². The van der Waals surface area contributed by atoms with Crippen LogP contribution >= 0.6 is 0 Å². The quantitative estimate of drug-likeness (QED) is 0.815. The number of aryl methyl sites for hydroxylation is 2. The molecule has 0 aromatic heterocycles. The van der Waals surface area contributed by atoms with Gasteiger partial charge in [-0.05, 0) is 36.1 Å². The standard InChI is InChI=1S/C15H17NO/c1-17-15-11-13(9-10-14(15)16)8-7-12-5-3-2-4-6-12/h2-6,9-11H,7-8,16H2,1H3. The minimum absolute atomic E-state index is 0.691. The fourth-order valence-electron chi connectivity index (χ4n) is 1.84. The maximum Gasteiger partial charge on any atom is 0.142 e. The molecule has 0 unspecified atom stereocenters. The van der Waals surface area contributed by atoms with E-state index in [1.165, 1.54) is 11.1 Å². The van der Waals surface area contributed by atoms with E-state index in [1.54, 1.807) is 7.11 Å². The maximum atomic E-state index is 5.78. The van der Waals surface area contributed by atoms with Crippen LogP contribution in [0.3, 0.4) is 0 Å². The number of methoxy groups -OCH3 is 1. The molecule has 0 aliphatic rings. The average Bonchev–Trinajstić information content (AvgIpc) is 2.39. The van der Waals surface area contributed by atoms with Crippen molar-refractivity contribution in [1.82, 2.24) is 0 Å². The molecule has 0 radical (unpaired) electrons. The van der Waals surface area contributed by atoms with Crippen LogP contribution in [0.15, 0.2) is 48.5 Å². The van der Waals surface area contributed by atoms with E-state index >= 15 is 0 Å². The van der Waals surface area contributed by atoms with Crippen LogP contribution in [-0.4, -0.2) is 7.11 Å². The van der Waals surface area contributed by atoms with Gasteiger partial charge in [0.25, 0.3) is 0 Å². The maximum absolute atomic E-state index is 5.78. The second-order valence-electron chi connectivity index (χ2n) is 4.06. The number of rotatable bonds is 4. The highest BCUT2D eigenvalue weighted by Crippen LogP contribution is 2.22. The molecule has 88 valence electrons. The lowest BCUT2D eigenvalue weighted by atomic mass is 10.0. The molecule has 0 fully saturated rings. The van der Waals surface area contributed by atoms with Gasteiger partial charge in [0, 0.05) is 0 Å². The van der Waals surface area contributed by atoms with Gasteiger partial charge < -0.3 is 10.5 Å². The van der Waals surface area contributed by atoms with Gasteiger partial charge >= 0.3 is 0 Å². The lowest BCUT2D eigenvalue weighted by Crippen LogP contribution is -1.96. The first-order valence-electron chi connectivity index (χ1n) is 5.76. The topological polar surface area (TPSA) is 35.2 Å². The van der Waals surface area contributed by atoms with Gasteiger partial charge in [0.05, 0.1) is 12.8 Å². The van der Waals surface area contributed by atoms with Gasteiger partial charge in [-0.15, -0.1) is 0 Å². The Morgan fingerprint density at radius 3 is 2.35 bits per heavy atom. The van der Waals surface area contributed by atoms with Gasteiger partial charge in [-0.2, -0.15) is 0 Å². The summed E-state index contributed by atoms with van der Waals surface area (Å²) in [6.07, 6.45) is 2.04. The highest BCUT2D eigenvalue weighted by molar-refractivity contribution is 5.53. The Labute approximate surface area is 102 Å². The summed E-state index contributed by atoms with van der Waals surface area (Å²) < 4.78 is 5.21. The number of nitrogens with two attached hydrogens (primary N) is 1. The summed E-state index contributed by atoms with van der Waals surface area (Å²) in [5.74, 6) is 0.760. The third-order valence-corrected chi connectivity index (χ3v) is 2.84. The van der Waals surface area contributed by atoms with Crippen molar-refractivity contribution in [1.29, 1.82) is 0 Å². The Kier molecular flexibility index (Phi) is 3.66. The third-order valence-electron chi connectivity index (χ3n) is 2.84. The lowest BCUT2D eigenvalue weighted by molar-refractivity contribution is 0.416. The largest absolute Gasteiger partial charge is 0.495 e. The molecular weight excluding hydrogens is 210 g/mol. The van der Waals surface area contributed by atoms with Crippen molar-refractivity contribution in [2.75, 3.05) is 12.8 Å². The monoisotopic (exact) mass is 227 g/mol. The Bertz CT molecular complexity index is 480. The zero-order valence-corrected chi connectivity index (χ0v) is 10.0. The predicted octanol–water partition coefficient (Wildman–Crippen LogP) is 3.06. The Morgan fingerprint density at radius 2 is 1.65 bits per heavy atom. The van der Waals surface area contributed by atoms with Crippen LogP contribution in [0, 0.1) is 0 Å². The zero-order valence-electron chi connectivity index (χ0n) is 10.0. The van der Waals surface area contributed by atoms with Crippen molar-refractivity contribution in [3.63, 3.8) is 0 Å². The molecule has 0 saturated carbocycles. The highest BCUT2D eigenvalue weighted by atomic mass is 16.5. The summed E-state index contributed by atoms with van der Waals surface area (Å²) in [6, 6.07) is 16.4. The fraction of sp³-hybridized carbons (Fsp3) is 0.200. The van der Waals surface area contributed by atoms with Gasteiger partial charge in [0.2, 0.25) is 0 Å². The summed E-state index contributed by atoms with van der Waals surface area (Å²) in [6.45, 7) is 0. The van der Waals surface area contributed by atoms with Crippen molar-refractivity contribution in [3.05, 3.63) is 59.7 Å². The molecule has 2 rings (SSSR count). The molecule has 0 bridgehead atoms. The normalized spacial score (nSPS) is 10.2. The van der Waals surface area contributed by atoms with Crippen molar-refractivity contribution >= 4 is 5.69 Å². The summed E-state index contributed by atoms with van der Waals surface area (Å²) in [7, 11) is 1.65. The first kappa shape index (κ1) is 11.5. The first-order chi connectivity index (χ1) is 8.29. The zero-order chi connectivity index (χ0) is 12.1. The molecule has 0 aliphatic heterocycles. The molecule has 2 aromatic carbocycles. The lowest BCUT2D eigenvalue weighted by Gasteiger charge is -2.07. The Hall–Kier alpha value is -1.96. The van der Waals surface area contributed by atoms with E-state index in [9.17, 15) is 0 Å². The van der Waals surface area contributed by atoms with Crippen molar-refractivity contribution in [2.24, 2.45) is 0 Å². The molecule has 0 amide bonds. The number of anilines is 1. The van der Waals surface area contributed by atoms with Gasteiger partial charge in [-0.25, -0.2) is 0 Å². The SMILES string of the molecule is COc1cc(CCc2ccccc2)ccc1N. The smallest absolute Gasteiger partial charge is 0.142 e. The number of hydrogen-bond donors (Lipinski definition) is 1. The molecule has 0 heterocycles. The van der Waals surface area contributed by atoms with Gasteiger partial charge in [-0.3, -0.25) is 0 Å². The van der Waals surface area contributed by atoms with Crippen molar-refractivity contribution < 1.29 is 4.74 Å². The molecule has 0 spiro atoms. The molecule has 2 N–H and O–H groups in total. The van der Waals surface area contributed by atoms with E-state index in [1.807, 2.05) is 18.2 Å². The average molecular weight is 227 g/mol. The number of ether oxygens (including phenoxy) is 1. The molecule has 0 atom stereocenters. The molecule has 2 heteroatoms. The minimum atomic E-state index is 0.691. The van der Waals surface area contributed by atoms with Crippen LogP contribution in [0.25, 0.3) is 0 Å². The third kappa shape index (κ3) is 3.00. The number of benzene rings is 2. The summed E-state index contributed by atoms with van der Waals surface area (Å²) in [5, 5.41) is 0. The molecule has 17 heavy (non-hydrogen) atoms. The van der Waals surface area contributed by atoms with E-state index < -0.39 is 0 Å². The summed E-state index contributed by atoms with van der Waals surface area (Å²) in [4.78, 5) is 0. The Morgan fingerprint density at radius 1 is 0.941 bits per heavy atom. The van der Waals surface area contributed by atoms with Gasteiger partial charge in [0.1, 0.15) is 5.75 Å². The van der Waals surface area contributed by atoms with E-state index in [0.29, 0.717) is 5.69 Å². The first-order valence-corrected chi connectivity index (χ1v) is 5.76. The molecule has 0 aliphatic carbocycles. The predicted molar refractivity (Wildman–Crippen MR) is 71.3 cm³/mol. The minimum Gasteiger partial charge on any atom is -0.495 e. The van der Waals surface area contributed by atoms with Crippen LogP contribution in [0.4, 0.5) is 5.69 Å². The fourth-order valence-corrected chi connectivity index (χ4v) is 1.84. The summed E-state index contributed by atoms with van der Waals surface area (Å²) >= 11 is 0. The molecular formula is C15H17NO. The second-order valence-corrected chi connectivity index (χ2v) is 4.06. The van der Waals surface area contributed by atoms with Crippen LogP contribution in [0.2, 0.25) is 0 Å². The Balaban J connectivity index is 2.04. The van der Waals surface area contributed by atoms with E-state index in [4.69, 9.17) is 10.5 Å². The van der Waals surface area contributed by atoms with Gasteiger partial charge in [-0.1, -0.05) is 36.4 Å². The summed E-state index contributed by atoms with van der Waals surface area (Å²) in [5.41, 5.74) is 9.07. The van der Waals surface area contributed by atoms with Crippen LogP contribution in [-0.2, 0) is 12.8 Å². The second kappa shape index (κ2) is 5.39. The van der Waals surface area contributed by atoms with E-state index in [-0.39, 0.29) is 0 Å². The molecule has 0 saturated heterocycles. The van der Waals surface area contributed by atoms with E-state index in [0.717, 1.165) is 18.6 Å². The molecule has 2 nitrogen and oxygen atoms in total. The number of hydrogen-bond acceptors (Lipinski definition) is 2. The van der Waals surface area contributed by atoms with Crippen LogP contribution in [0.5, 0.6) is 5.75 Å². The van der Waals surface area contributed by atoms with Crippen LogP contribution < -0.4 is 10.5 Å². The van der Waals surface area contributed by atoms with E-state index in [2.05, 4.69) is 30.3 Å². The number of nitrogen functional groups attached to an aromatic ring is 1. The van der Waals surface area contributed by atoms with Crippen molar-refractivity contribution in [2.45, 2.75) is 12.8 Å².